The second-order valence-electron chi connectivity index (χ2n) is 10.9. The number of aryl methyl sites for hydroxylation is 1. The summed E-state index contributed by atoms with van der Waals surface area (Å²) in [4.78, 5) is 19.4. The topological polar surface area (TPSA) is 92.0 Å². The number of aromatic amines is 1. The van der Waals surface area contributed by atoms with Crippen molar-refractivity contribution in [1.29, 1.82) is 0 Å². The van der Waals surface area contributed by atoms with E-state index in [9.17, 15) is 4.79 Å². The van der Waals surface area contributed by atoms with Gasteiger partial charge in [-0.25, -0.2) is 4.68 Å². The molecule has 41 heavy (non-hydrogen) atoms. The number of carbonyl (C=O) groups excluding carboxylic acids is 1. The Balaban J connectivity index is 1.15. The zero-order valence-electron chi connectivity index (χ0n) is 23.2. The summed E-state index contributed by atoms with van der Waals surface area (Å²) >= 11 is 6.14. The average Bonchev–Trinajstić information content (AvgIpc) is 3.70. The maximum absolute atomic E-state index is 13.4. The van der Waals surface area contributed by atoms with Gasteiger partial charge in [0.1, 0.15) is 5.69 Å². The van der Waals surface area contributed by atoms with Crippen LogP contribution in [0.5, 0.6) is 0 Å². The van der Waals surface area contributed by atoms with Gasteiger partial charge in [0.05, 0.1) is 5.69 Å². The van der Waals surface area contributed by atoms with Crippen molar-refractivity contribution in [3.05, 3.63) is 106 Å². The number of H-pyrrole nitrogens is 1. The van der Waals surface area contributed by atoms with Crippen LogP contribution in [0.4, 0.5) is 11.5 Å². The predicted molar refractivity (Wildman–Crippen MR) is 167 cm³/mol. The smallest absolute Gasteiger partial charge is 0.215 e. The molecular formula is C33H35ClN6O. The fourth-order valence-corrected chi connectivity index (χ4v) is 5.97. The molecule has 0 aliphatic carbocycles. The number of rotatable bonds is 10. The highest BCUT2D eigenvalue weighted by Crippen LogP contribution is 2.30. The van der Waals surface area contributed by atoms with E-state index in [1.807, 2.05) is 43.3 Å². The molecule has 8 heteroatoms. The van der Waals surface area contributed by atoms with Crippen molar-refractivity contribution < 1.29 is 4.79 Å². The summed E-state index contributed by atoms with van der Waals surface area (Å²) in [5.41, 5.74) is 12.2. The summed E-state index contributed by atoms with van der Waals surface area (Å²) in [5.74, 6) is 0.426. The molecule has 6 rings (SSSR count). The largest absolute Gasteiger partial charge is 0.394 e. The van der Waals surface area contributed by atoms with Crippen molar-refractivity contribution >= 4 is 39.8 Å². The maximum atomic E-state index is 13.4. The van der Waals surface area contributed by atoms with Gasteiger partial charge in [-0.15, -0.1) is 0 Å². The quantitative estimate of drug-likeness (QED) is 0.130. The van der Waals surface area contributed by atoms with Crippen molar-refractivity contribution in [2.45, 2.75) is 38.6 Å². The summed E-state index contributed by atoms with van der Waals surface area (Å²) in [6, 6.07) is 23.9. The highest BCUT2D eigenvalue weighted by atomic mass is 35.5. The highest BCUT2D eigenvalue weighted by molar-refractivity contribution is 6.30. The first-order valence-corrected chi connectivity index (χ1v) is 14.6. The molecule has 1 aliphatic rings. The van der Waals surface area contributed by atoms with E-state index in [4.69, 9.17) is 17.3 Å². The second kappa shape index (κ2) is 11.8. The van der Waals surface area contributed by atoms with Gasteiger partial charge in [0.2, 0.25) is 5.78 Å². The monoisotopic (exact) mass is 566 g/mol. The van der Waals surface area contributed by atoms with E-state index >= 15 is 0 Å². The Morgan fingerprint density at radius 3 is 2.68 bits per heavy atom. The molecule has 1 fully saturated rings. The molecule has 1 saturated heterocycles. The van der Waals surface area contributed by atoms with Gasteiger partial charge in [0, 0.05) is 46.8 Å². The number of carbonyl (C=O) groups is 1. The number of nitrogen functional groups attached to an aromatic ring is 1. The number of likely N-dealkylation sites (tertiary alicyclic amines) is 1. The predicted octanol–water partition coefficient (Wildman–Crippen LogP) is 6.64. The maximum Gasteiger partial charge on any atom is 0.215 e. The van der Waals surface area contributed by atoms with E-state index in [1.165, 1.54) is 29.3 Å². The number of nitrogens with zero attached hydrogens (tertiary/aromatic N) is 3. The number of benzene rings is 3. The van der Waals surface area contributed by atoms with Crippen LogP contribution in [0.15, 0.2) is 79.0 Å². The lowest BCUT2D eigenvalue weighted by molar-refractivity contribution is 0.103. The first-order chi connectivity index (χ1) is 20.0. The molecule has 210 valence electrons. The summed E-state index contributed by atoms with van der Waals surface area (Å²) in [5, 5.41) is 10.1. The molecule has 1 atom stereocenters. The number of ketones is 1. The SMILES string of the molecule is Cc1ccc(C(=O)c2nn(-c3ccc(Cl)cc3)c(NCCCN3CCCC3Cc3c[nH]c4ccccc34)c2N)cc1. The average molecular weight is 567 g/mol. The van der Waals surface area contributed by atoms with Gasteiger partial charge in [-0.3, -0.25) is 9.69 Å². The van der Waals surface area contributed by atoms with Crippen molar-refractivity contribution in [1.82, 2.24) is 19.7 Å². The summed E-state index contributed by atoms with van der Waals surface area (Å²) in [7, 11) is 0. The molecule has 4 N–H and O–H groups in total. The summed E-state index contributed by atoms with van der Waals surface area (Å²) in [6.07, 6.45) is 6.60. The number of nitrogens with two attached hydrogens (primary N) is 1. The van der Waals surface area contributed by atoms with E-state index in [0.717, 1.165) is 37.2 Å². The second-order valence-corrected chi connectivity index (χ2v) is 11.3. The first-order valence-electron chi connectivity index (χ1n) is 14.3. The van der Waals surface area contributed by atoms with E-state index in [0.29, 0.717) is 34.7 Å². The Labute approximate surface area is 245 Å². The molecule has 0 bridgehead atoms. The van der Waals surface area contributed by atoms with Gasteiger partial charge in [-0.2, -0.15) is 5.10 Å². The van der Waals surface area contributed by atoms with Crippen LogP contribution in [-0.4, -0.2) is 51.1 Å². The first kappa shape index (κ1) is 27.1. The summed E-state index contributed by atoms with van der Waals surface area (Å²) in [6.45, 7) is 4.81. The lowest BCUT2D eigenvalue weighted by Gasteiger charge is -2.24. The van der Waals surface area contributed by atoms with Gasteiger partial charge in [-0.05, 0) is 75.0 Å². The number of hydrogen-bond donors (Lipinski definition) is 3. The number of halogens is 1. The number of anilines is 2. The lowest BCUT2D eigenvalue weighted by atomic mass is 10.0. The fraction of sp³-hybridized carbons (Fsp3) is 0.273. The molecule has 3 heterocycles. The molecule has 0 amide bonds. The minimum atomic E-state index is -0.199. The molecule has 0 radical (unpaired) electrons. The normalized spacial score (nSPS) is 15.5. The Kier molecular flexibility index (Phi) is 7.81. The minimum Gasteiger partial charge on any atom is -0.394 e. The zero-order chi connectivity index (χ0) is 28.3. The van der Waals surface area contributed by atoms with Gasteiger partial charge < -0.3 is 16.0 Å². The Bertz CT molecular complexity index is 1650. The fourth-order valence-electron chi connectivity index (χ4n) is 5.84. The minimum absolute atomic E-state index is 0.199. The van der Waals surface area contributed by atoms with Crippen LogP contribution in [0.25, 0.3) is 16.6 Å². The van der Waals surface area contributed by atoms with Crippen molar-refractivity contribution in [3.63, 3.8) is 0 Å². The molecule has 1 unspecified atom stereocenters. The van der Waals surface area contributed by atoms with Gasteiger partial charge >= 0.3 is 0 Å². The third kappa shape index (κ3) is 5.73. The van der Waals surface area contributed by atoms with Crippen LogP contribution < -0.4 is 11.1 Å². The molecule has 0 saturated carbocycles. The van der Waals surface area contributed by atoms with E-state index in [2.05, 4.69) is 50.8 Å². The highest BCUT2D eigenvalue weighted by Gasteiger charge is 2.26. The number of hydrogen-bond acceptors (Lipinski definition) is 5. The standard InChI is InChI=1S/C33H35ClN6O/c1-22-9-11-23(12-10-22)32(41)31-30(35)33(40(38-31)26-15-13-25(34)14-16-26)36-17-5-19-39-18-4-6-27(39)20-24-21-37-29-8-3-2-7-28(24)29/h2-3,7-16,21,27,36-37H,4-6,17-20,35H2,1H3. The molecule has 0 spiro atoms. The van der Waals surface area contributed by atoms with Crippen LogP contribution in [0.1, 0.15) is 46.4 Å². The number of aromatic nitrogens is 3. The number of nitrogens with one attached hydrogen (secondary N) is 2. The Hall–Kier alpha value is -4.07. The van der Waals surface area contributed by atoms with Gasteiger partial charge in [0.15, 0.2) is 11.5 Å². The number of para-hydroxylation sites is 1. The zero-order valence-corrected chi connectivity index (χ0v) is 24.0. The van der Waals surface area contributed by atoms with Crippen LogP contribution in [0, 0.1) is 6.92 Å². The van der Waals surface area contributed by atoms with Crippen LogP contribution in [0.3, 0.4) is 0 Å². The molecular weight excluding hydrogens is 532 g/mol. The van der Waals surface area contributed by atoms with Crippen LogP contribution in [0.2, 0.25) is 5.02 Å². The van der Waals surface area contributed by atoms with Crippen molar-refractivity contribution in [2.75, 3.05) is 30.7 Å². The molecule has 1 aliphatic heterocycles. The third-order valence-corrected chi connectivity index (χ3v) is 8.32. The van der Waals surface area contributed by atoms with Crippen LogP contribution in [-0.2, 0) is 6.42 Å². The molecule has 2 aromatic heterocycles. The lowest BCUT2D eigenvalue weighted by Crippen LogP contribution is -2.32. The van der Waals surface area contributed by atoms with Gasteiger partial charge in [0.25, 0.3) is 0 Å². The van der Waals surface area contributed by atoms with E-state index < -0.39 is 0 Å². The van der Waals surface area contributed by atoms with E-state index in [1.54, 1.807) is 16.8 Å². The van der Waals surface area contributed by atoms with E-state index in [-0.39, 0.29) is 11.5 Å². The molecule has 7 nitrogen and oxygen atoms in total. The molecule has 3 aromatic carbocycles. The third-order valence-electron chi connectivity index (χ3n) is 8.07. The number of fused-ring (bicyclic) bond motifs is 1. The van der Waals surface area contributed by atoms with Crippen molar-refractivity contribution in [3.8, 4) is 5.69 Å². The Morgan fingerprint density at radius 1 is 1.10 bits per heavy atom. The van der Waals surface area contributed by atoms with Crippen LogP contribution >= 0.6 is 11.6 Å². The Morgan fingerprint density at radius 2 is 1.88 bits per heavy atom. The van der Waals surface area contributed by atoms with Crippen molar-refractivity contribution in [2.24, 2.45) is 0 Å². The summed E-state index contributed by atoms with van der Waals surface area (Å²) < 4.78 is 1.71. The van der Waals surface area contributed by atoms with Gasteiger partial charge in [-0.1, -0.05) is 59.6 Å². The molecule has 5 aromatic rings.